The van der Waals surface area contributed by atoms with Gasteiger partial charge >= 0.3 is 0 Å². The van der Waals surface area contributed by atoms with Crippen LogP contribution < -0.4 is 5.32 Å². The van der Waals surface area contributed by atoms with Crippen LogP contribution in [0.15, 0.2) is 47.3 Å². The summed E-state index contributed by atoms with van der Waals surface area (Å²) in [6.45, 7) is 4.79. The van der Waals surface area contributed by atoms with E-state index in [9.17, 15) is 4.79 Å². The number of amides is 1. The van der Waals surface area contributed by atoms with Gasteiger partial charge in [0.2, 0.25) is 5.95 Å². The molecule has 3 aromatic heterocycles. The van der Waals surface area contributed by atoms with Gasteiger partial charge in [0, 0.05) is 11.2 Å². The van der Waals surface area contributed by atoms with Gasteiger partial charge in [-0.3, -0.25) is 14.8 Å². The second-order valence-corrected chi connectivity index (χ2v) is 7.95. The van der Waals surface area contributed by atoms with Crippen LogP contribution in [0, 0.1) is 13.8 Å². The van der Waals surface area contributed by atoms with E-state index in [1.165, 1.54) is 0 Å². The summed E-state index contributed by atoms with van der Waals surface area (Å²) < 4.78 is 6.05. The Morgan fingerprint density at radius 1 is 1.17 bits per heavy atom. The number of anilines is 1. The van der Waals surface area contributed by atoms with Gasteiger partial charge < -0.3 is 0 Å². The van der Waals surface area contributed by atoms with Crippen molar-refractivity contribution in [1.82, 2.24) is 34.3 Å². The van der Waals surface area contributed by atoms with E-state index in [0.29, 0.717) is 18.2 Å². The minimum atomic E-state index is -0.385. The average Bonchev–Trinajstić information content (AvgIpc) is 3.40. The molecule has 0 radical (unpaired) electrons. The van der Waals surface area contributed by atoms with Crippen molar-refractivity contribution >= 4 is 39.4 Å². The number of nitrogens with one attached hydrogen (secondary N) is 1. The third-order valence-corrected chi connectivity index (χ3v) is 5.82. The predicted molar refractivity (Wildman–Crippen MR) is 116 cm³/mol. The molecule has 4 rings (SSSR count). The van der Waals surface area contributed by atoms with Crippen LogP contribution in [0.3, 0.4) is 0 Å². The molecule has 0 fully saturated rings. The van der Waals surface area contributed by atoms with Crippen molar-refractivity contribution in [3.63, 3.8) is 0 Å². The molecule has 3 heterocycles. The molecule has 1 amide bonds. The van der Waals surface area contributed by atoms with Gasteiger partial charge in [0.15, 0.2) is 5.69 Å². The van der Waals surface area contributed by atoms with Crippen LogP contribution in [0.2, 0.25) is 5.02 Å². The van der Waals surface area contributed by atoms with Crippen LogP contribution in [-0.2, 0) is 13.2 Å². The van der Waals surface area contributed by atoms with E-state index < -0.39 is 0 Å². The molecular formula is C19H18BrClN8O. The number of halogens is 2. The summed E-state index contributed by atoms with van der Waals surface area (Å²) in [5.74, 6) is -0.178. The molecule has 4 aromatic rings. The average molecular weight is 490 g/mol. The monoisotopic (exact) mass is 488 g/mol. The summed E-state index contributed by atoms with van der Waals surface area (Å²) >= 11 is 9.51. The number of carbonyl (C=O) groups excluding carboxylic acids is 1. The van der Waals surface area contributed by atoms with Crippen molar-refractivity contribution in [3.8, 4) is 0 Å². The van der Waals surface area contributed by atoms with Gasteiger partial charge in [-0.1, -0.05) is 23.7 Å². The molecule has 1 N–H and O–H groups in total. The van der Waals surface area contributed by atoms with E-state index in [1.54, 1.807) is 28.0 Å². The standard InChI is InChI=1S/C19H18BrClN8O/c1-12-17(20)13(2)29(24-12)11-27-7-6-16(25-27)18(30)23-19-22-10-28(26-19)9-14-4-3-5-15(21)8-14/h3-8,10H,9,11H2,1-2H3,(H,23,26,30). The lowest BCUT2D eigenvalue weighted by atomic mass is 10.2. The summed E-state index contributed by atoms with van der Waals surface area (Å²) in [5.41, 5.74) is 3.14. The number of hydrogen-bond acceptors (Lipinski definition) is 5. The van der Waals surface area contributed by atoms with E-state index in [0.717, 1.165) is 21.4 Å². The molecule has 0 aliphatic heterocycles. The SMILES string of the molecule is Cc1nn(Cn2ccc(C(=O)Nc3ncn(Cc4cccc(Cl)c4)n3)n2)c(C)c1Br. The molecule has 0 aliphatic carbocycles. The molecule has 11 heteroatoms. The van der Waals surface area contributed by atoms with Gasteiger partial charge in [-0.15, -0.1) is 5.10 Å². The Kier molecular flexibility index (Phi) is 5.69. The third kappa shape index (κ3) is 4.44. The lowest BCUT2D eigenvalue weighted by Crippen LogP contribution is -2.16. The number of benzene rings is 1. The summed E-state index contributed by atoms with van der Waals surface area (Å²) in [4.78, 5) is 16.6. The summed E-state index contributed by atoms with van der Waals surface area (Å²) in [7, 11) is 0. The van der Waals surface area contributed by atoms with Gasteiger partial charge in [0.05, 0.1) is 22.4 Å². The van der Waals surface area contributed by atoms with Gasteiger partial charge in [-0.2, -0.15) is 10.2 Å². The van der Waals surface area contributed by atoms with Crippen LogP contribution in [0.5, 0.6) is 0 Å². The van der Waals surface area contributed by atoms with Crippen molar-refractivity contribution < 1.29 is 4.79 Å². The first-order valence-electron chi connectivity index (χ1n) is 9.07. The lowest BCUT2D eigenvalue weighted by molar-refractivity contribution is 0.102. The first-order chi connectivity index (χ1) is 14.4. The van der Waals surface area contributed by atoms with Gasteiger partial charge in [0.25, 0.3) is 5.91 Å². The number of carbonyl (C=O) groups is 1. The Labute approximate surface area is 185 Å². The Morgan fingerprint density at radius 3 is 2.73 bits per heavy atom. The van der Waals surface area contributed by atoms with E-state index >= 15 is 0 Å². The Bertz CT molecular complexity index is 1210. The fourth-order valence-corrected chi connectivity index (χ4v) is 3.42. The zero-order chi connectivity index (χ0) is 21.3. The second-order valence-electron chi connectivity index (χ2n) is 6.72. The summed E-state index contributed by atoms with van der Waals surface area (Å²) in [6, 6.07) is 9.12. The number of nitrogens with zero attached hydrogens (tertiary/aromatic N) is 7. The highest BCUT2D eigenvalue weighted by Gasteiger charge is 2.14. The largest absolute Gasteiger partial charge is 0.288 e. The molecule has 0 atom stereocenters. The topological polar surface area (TPSA) is 95.5 Å². The molecular weight excluding hydrogens is 472 g/mol. The van der Waals surface area contributed by atoms with Gasteiger partial charge in [-0.05, 0) is 53.5 Å². The van der Waals surface area contributed by atoms with Crippen LogP contribution in [-0.4, -0.2) is 40.2 Å². The van der Waals surface area contributed by atoms with E-state index in [-0.39, 0.29) is 17.5 Å². The highest BCUT2D eigenvalue weighted by molar-refractivity contribution is 9.10. The van der Waals surface area contributed by atoms with Crippen molar-refractivity contribution in [2.45, 2.75) is 27.1 Å². The number of aromatic nitrogens is 7. The van der Waals surface area contributed by atoms with Gasteiger partial charge in [-0.25, -0.2) is 14.3 Å². The van der Waals surface area contributed by atoms with E-state index in [2.05, 4.69) is 41.5 Å². The zero-order valence-corrected chi connectivity index (χ0v) is 18.6. The Morgan fingerprint density at radius 2 is 2.00 bits per heavy atom. The third-order valence-electron chi connectivity index (χ3n) is 4.44. The van der Waals surface area contributed by atoms with Gasteiger partial charge in [0.1, 0.15) is 13.0 Å². The van der Waals surface area contributed by atoms with Crippen LogP contribution in [0.4, 0.5) is 5.95 Å². The second kappa shape index (κ2) is 8.41. The molecule has 1 aromatic carbocycles. The molecule has 0 aliphatic rings. The van der Waals surface area contributed by atoms with Crippen LogP contribution >= 0.6 is 27.5 Å². The van der Waals surface area contributed by atoms with Crippen molar-refractivity contribution in [2.75, 3.05) is 5.32 Å². The molecule has 9 nitrogen and oxygen atoms in total. The van der Waals surface area contributed by atoms with Crippen molar-refractivity contribution in [1.29, 1.82) is 0 Å². The first-order valence-corrected chi connectivity index (χ1v) is 10.2. The maximum atomic E-state index is 12.5. The number of aryl methyl sites for hydroxylation is 1. The molecule has 0 saturated carbocycles. The molecule has 0 saturated heterocycles. The normalized spacial score (nSPS) is 11.1. The molecule has 0 spiro atoms. The summed E-state index contributed by atoms with van der Waals surface area (Å²) in [6.07, 6.45) is 3.28. The summed E-state index contributed by atoms with van der Waals surface area (Å²) in [5, 5.41) is 16.4. The van der Waals surface area contributed by atoms with Crippen molar-refractivity contribution in [2.24, 2.45) is 0 Å². The highest BCUT2D eigenvalue weighted by atomic mass is 79.9. The van der Waals surface area contributed by atoms with Crippen LogP contribution in [0.1, 0.15) is 27.4 Å². The molecule has 0 bridgehead atoms. The van der Waals surface area contributed by atoms with E-state index in [4.69, 9.17) is 11.6 Å². The number of hydrogen-bond donors (Lipinski definition) is 1. The zero-order valence-electron chi connectivity index (χ0n) is 16.3. The maximum Gasteiger partial charge on any atom is 0.278 e. The Hall–Kier alpha value is -2.98. The fraction of sp³-hybridized carbons (Fsp3) is 0.211. The van der Waals surface area contributed by atoms with E-state index in [1.807, 2.05) is 42.8 Å². The highest BCUT2D eigenvalue weighted by Crippen LogP contribution is 2.19. The first kappa shape index (κ1) is 20.3. The smallest absolute Gasteiger partial charge is 0.278 e. The molecule has 0 unspecified atom stereocenters. The molecule has 30 heavy (non-hydrogen) atoms. The quantitative estimate of drug-likeness (QED) is 0.447. The minimum absolute atomic E-state index is 0.207. The molecule has 154 valence electrons. The predicted octanol–water partition coefficient (Wildman–Crippen LogP) is 3.51. The maximum absolute atomic E-state index is 12.5. The Balaban J connectivity index is 1.40. The van der Waals surface area contributed by atoms with Crippen LogP contribution in [0.25, 0.3) is 0 Å². The van der Waals surface area contributed by atoms with Crippen molar-refractivity contribution in [3.05, 3.63) is 75.0 Å². The lowest BCUT2D eigenvalue weighted by Gasteiger charge is -2.04. The number of rotatable bonds is 6. The fourth-order valence-electron chi connectivity index (χ4n) is 2.93. The minimum Gasteiger partial charge on any atom is -0.288 e.